The molecule has 2 aliphatic heterocycles. The fourth-order valence-corrected chi connectivity index (χ4v) is 8.37. The van der Waals surface area contributed by atoms with Crippen molar-refractivity contribution in [3.8, 4) is 5.75 Å². The van der Waals surface area contributed by atoms with Crippen LogP contribution in [0.4, 0.5) is 29.2 Å². The molecule has 3 heterocycles. The molecule has 0 unspecified atom stereocenters. The molecule has 4 saturated carbocycles. The van der Waals surface area contributed by atoms with Crippen LogP contribution < -0.4 is 20.4 Å². The van der Waals surface area contributed by atoms with Crippen molar-refractivity contribution in [2.45, 2.75) is 77.0 Å². The van der Waals surface area contributed by atoms with Crippen molar-refractivity contribution in [2.24, 2.45) is 23.2 Å². The number of nitrogens with zero attached hydrogens (tertiary/aromatic N) is 5. The minimum Gasteiger partial charge on any atom is -0.506 e. The Bertz CT molecular complexity index is 1150. The van der Waals surface area contributed by atoms with Gasteiger partial charge in [0.1, 0.15) is 5.75 Å². The van der Waals surface area contributed by atoms with E-state index in [1.54, 1.807) is 12.1 Å². The molecule has 1 aromatic heterocycles. The van der Waals surface area contributed by atoms with E-state index in [0.29, 0.717) is 35.1 Å². The Morgan fingerprint density at radius 3 is 1.85 bits per heavy atom. The minimum absolute atomic E-state index is 0.0552. The average molecular weight is 532 g/mol. The number of phenolic OH excluding ortho intramolecular Hbond substituents is 1. The summed E-state index contributed by atoms with van der Waals surface area (Å²) in [5.74, 6) is 4.17. The van der Waals surface area contributed by atoms with Gasteiger partial charge in [-0.25, -0.2) is 0 Å². The number of aromatic hydroxyl groups is 1. The van der Waals surface area contributed by atoms with E-state index < -0.39 is 0 Å². The third kappa shape index (κ3) is 5.00. The van der Waals surface area contributed by atoms with E-state index in [1.807, 2.05) is 6.07 Å². The van der Waals surface area contributed by atoms with E-state index in [9.17, 15) is 9.90 Å². The van der Waals surface area contributed by atoms with E-state index >= 15 is 0 Å². The van der Waals surface area contributed by atoms with Crippen molar-refractivity contribution < 1.29 is 9.90 Å². The third-order valence-corrected chi connectivity index (χ3v) is 9.91. The van der Waals surface area contributed by atoms with E-state index in [-0.39, 0.29) is 17.1 Å². The van der Waals surface area contributed by atoms with Crippen molar-refractivity contribution in [2.75, 3.05) is 46.6 Å². The molecule has 0 atom stereocenters. The zero-order chi connectivity index (χ0) is 26.4. The number of anilines is 5. The second-order valence-corrected chi connectivity index (χ2v) is 12.9. The lowest BCUT2D eigenvalue weighted by Crippen LogP contribution is -2.51. The summed E-state index contributed by atoms with van der Waals surface area (Å²) in [6.45, 7) is 3.84. The first kappa shape index (κ1) is 24.9. The van der Waals surface area contributed by atoms with Crippen LogP contribution in [0.5, 0.6) is 5.75 Å². The van der Waals surface area contributed by atoms with Crippen LogP contribution in [0.2, 0.25) is 0 Å². The topological polar surface area (TPSA) is 107 Å². The quantitative estimate of drug-likeness (QED) is 0.422. The predicted molar refractivity (Wildman–Crippen MR) is 153 cm³/mol. The SMILES string of the molecule is O=C(Nc1ccc(Nc2nc(N3CCCCC3)nc(N3CCCCC3)n2)cc1O)C12CC3CC(CC(C3)C1)C2. The number of nitrogens with one attached hydrogen (secondary N) is 2. The molecule has 6 fully saturated rings. The van der Waals surface area contributed by atoms with Crippen LogP contribution in [0.25, 0.3) is 0 Å². The maximum Gasteiger partial charge on any atom is 0.233 e. The van der Waals surface area contributed by atoms with Gasteiger partial charge in [-0.15, -0.1) is 0 Å². The Labute approximate surface area is 230 Å². The predicted octanol–water partition coefficient (Wildman–Crippen LogP) is 5.46. The van der Waals surface area contributed by atoms with Gasteiger partial charge in [-0.2, -0.15) is 15.0 Å². The van der Waals surface area contributed by atoms with Crippen LogP contribution in [0.3, 0.4) is 0 Å². The highest BCUT2D eigenvalue weighted by molar-refractivity contribution is 5.97. The normalized spacial score (nSPS) is 29.9. The van der Waals surface area contributed by atoms with Gasteiger partial charge >= 0.3 is 0 Å². The Hall–Kier alpha value is -3.10. The number of hydrogen-bond donors (Lipinski definition) is 3. The number of aromatic nitrogens is 3. The number of carbonyl (C=O) groups excluding carboxylic acids is 1. The number of amides is 1. The van der Waals surface area contributed by atoms with Gasteiger partial charge in [0.05, 0.1) is 11.1 Å². The van der Waals surface area contributed by atoms with Crippen LogP contribution in [-0.4, -0.2) is 52.1 Å². The van der Waals surface area contributed by atoms with Crippen LogP contribution >= 0.6 is 0 Å². The Morgan fingerprint density at radius 1 is 0.795 bits per heavy atom. The molecule has 0 radical (unpaired) electrons. The minimum atomic E-state index is -0.251. The van der Waals surface area contributed by atoms with Crippen molar-refractivity contribution in [1.29, 1.82) is 0 Å². The fourth-order valence-electron chi connectivity index (χ4n) is 8.37. The third-order valence-electron chi connectivity index (χ3n) is 9.91. The molecule has 1 amide bonds. The van der Waals surface area contributed by atoms with E-state index in [4.69, 9.17) is 15.0 Å². The second-order valence-electron chi connectivity index (χ2n) is 12.9. The molecule has 4 aliphatic carbocycles. The molecule has 3 N–H and O–H groups in total. The summed E-state index contributed by atoms with van der Waals surface area (Å²) in [7, 11) is 0. The molecular weight excluding hydrogens is 490 g/mol. The molecule has 9 nitrogen and oxygen atoms in total. The summed E-state index contributed by atoms with van der Waals surface area (Å²) >= 11 is 0. The highest BCUT2D eigenvalue weighted by Crippen LogP contribution is 2.60. The number of benzene rings is 1. The Balaban J connectivity index is 1.09. The lowest BCUT2D eigenvalue weighted by Gasteiger charge is -2.55. The first-order valence-corrected chi connectivity index (χ1v) is 15.2. The summed E-state index contributed by atoms with van der Waals surface area (Å²) in [4.78, 5) is 32.4. The Morgan fingerprint density at radius 2 is 1.33 bits per heavy atom. The number of rotatable bonds is 6. The van der Waals surface area contributed by atoms with E-state index in [1.165, 1.54) is 32.1 Å². The van der Waals surface area contributed by atoms with E-state index in [2.05, 4.69) is 20.4 Å². The van der Waals surface area contributed by atoms with Gasteiger partial charge in [0.15, 0.2) is 0 Å². The number of carbonyl (C=O) groups is 1. The molecule has 9 heteroatoms. The number of hydrogen-bond acceptors (Lipinski definition) is 8. The summed E-state index contributed by atoms with van der Waals surface area (Å²) < 4.78 is 0. The van der Waals surface area contributed by atoms with Gasteiger partial charge in [-0.3, -0.25) is 4.79 Å². The zero-order valence-electron chi connectivity index (χ0n) is 22.9. The van der Waals surface area contributed by atoms with Gasteiger partial charge in [0, 0.05) is 37.9 Å². The van der Waals surface area contributed by atoms with Crippen LogP contribution in [0.1, 0.15) is 77.0 Å². The molecule has 39 heavy (non-hydrogen) atoms. The van der Waals surface area contributed by atoms with Crippen LogP contribution in [0, 0.1) is 23.2 Å². The summed E-state index contributed by atoms with van der Waals surface area (Å²) in [6.07, 6.45) is 14.0. The van der Waals surface area contributed by atoms with Gasteiger partial charge in [-0.1, -0.05) is 0 Å². The lowest BCUT2D eigenvalue weighted by atomic mass is 9.49. The van der Waals surface area contributed by atoms with Crippen molar-refractivity contribution in [3.05, 3.63) is 18.2 Å². The van der Waals surface area contributed by atoms with Gasteiger partial charge in [0.25, 0.3) is 0 Å². The smallest absolute Gasteiger partial charge is 0.233 e. The molecule has 6 aliphatic rings. The molecule has 208 valence electrons. The lowest BCUT2D eigenvalue weighted by molar-refractivity contribution is -0.140. The van der Waals surface area contributed by atoms with Gasteiger partial charge in [-0.05, 0) is 107 Å². The van der Waals surface area contributed by atoms with Crippen LogP contribution in [-0.2, 0) is 4.79 Å². The summed E-state index contributed by atoms with van der Waals surface area (Å²) in [6, 6.07) is 5.31. The van der Waals surface area contributed by atoms with Crippen molar-refractivity contribution in [3.63, 3.8) is 0 Å². The Kier molecular flexibility index (Phi) is 6.47. The van der Waals surface area contributed by atoms with Crippen molar-refractivity contribution in [1.82, 2.24) is 15.0 Å². The standard InChI is InChI=1S/C30H41N7O2/c38-25-16-23(7-8-24(25)32-26(39)30-17-20-13-21(18-30)15-22(14-20)19-30)31-27-33-28(36-9-3-1-4-10-36)35-29(34-27)37-11-5-2-6-12-37/h7-8,16,20-22,38H,1-6,9-15,17-19H2,(H,32,39)(H,31,33,34,35). The second kappa shape index (κ2) is 10.1. The first-order valence-electron chi connectivity index (χ1n) is 15.2. The average Bonchev–Trinajstić information content (AvgIpc) is 2.94. The van der Waals surface area contributed by atoms with E-state index in [0.717, 1.165) is 83.0 Å². The molecule has 1 aromatic carbocycles. The molecule has 8 rings (SSSR count). The molecular formula is C30H41N7O2. The largest absolute Gasteiger partial charge is 0.506 e. The maximum absolute atomic E-state index is 13.5. The highest BCUT2D eigenvalue weighted by atomic mass is 16.3. The zero-order valence-corrected chi connectivity index (χ0v) is 22.9. The molecule has 4 bridgehead atoms. The molecule has 0 spiro atoms. The van der Waals surface area contributed by atoms with Crippen LogP contribution in [0.15, 0.2) is 18.2 Å². The maximum atomic E-state index is 13.5. The van der Waals surface area contributed by atoms with Gasteiger partial charge < -0.3 is 25.5 Å². The fraction of sp³-hybridized carbons (Fsp3) is 0.667. The molecule has 2 saturated heterocycles. The summed E-state index contributed by atoms with van der Waals surface area (Å²) in [5, 5.41) is 17.3. The van der Waals surface area contributed by atoms with Crippen molar-refractivity contribution >= 4 is 35.1 Å². The van der Waals surface area contributed by atoms with Gasteiger partial charge in [0.2, 0.25) is 23.8 Å². The monoisotopic (exact) mass is 531 g/mol. The highest BCUT2D eigenvalue weighted by Gasteiger charge is 2.54. The number of piperidine rings is 2. The first-order chi connectivity index (χ1) is 19.0. The summed E-state index contributed by atoms with van der Waals surface area (Å²) in [5.41, 5.74) is 0.902. The number of phenols is 1. The molecule has 2 aromatic rings.